The van der Waals surface area contributed by atoms with Gasteiger partial charge in [0.1, 0.15) is 0 Å². The minimum atomic E-state index is -0.772. The maximum absolute atomic E-state index is 13.8. The molecule has 0 amide bonds. The number of benzene rings is 1. The van der Waals surface area contributed by atoms with E-state index in [4.69, 9.17) is 0 Å². The van der Waals surface area contributed by atoms with Crippen LogP contribution >= 0.6 is 0 Å². The quantitative estimate of drug-likeness (QED) is 0.892. The second kappa shape index (κ2) is 6.64. The number of nitrogens with zero attached hydrogens (tertiary/aromatic N) is 1. The van der Waals surface area contributed by atoms with Crippen LogP contribution in [0.25, 0.3) is 0 Å². The highest BCUT2D eigenvalue weighted by Gasteiger charge is 2.26. The highest BCUT2D eigenvalue weighted by atomic mass is 19.2. The number of hydrogen-bond donors (Lipinski definition) is 1. The minimum absolute atomic E-state index is 0.142. The van der Waals surface area contributed by atoms with Gasteiger partial charge in [0.25, 0.3) is 0 Å². The van der Waals surface area contributed by atoms with Gasteiger partial charge in [0.15, 0.2) is 11.6 Å². The van der Waals surface area contributed by atoms with Gasteiger partial charge in [0, 0.05) is 24.7 Å². The Balaban J connectivity index is 1.98. The predicted octanol–water partition coefficient (Wildman–Crippen LogP) is 3.20. The normalized spacial score (nSPS) is 25.1. The summed E-state index contributed by atoms with van der Waals surface area (Å²) < 4.78 is 27.1. The maximum Gasteiger partial charge on any atom is 0.163 e. The molecule has 1 heterocycles. The second-order valence-corrected chi connectivity index (χ2v) is 5.99. The molecule has 1 saturated heterocycles. The smallest absolute Gasteiger partial charge is 0.163 e. The van der Waals surface area contributed by atoms with E-state index >= 15 is 0 Å². The highest BCUT2D eigenvalue weighted by Crippen LogP contribution is 2.25. The molecule has 0 radical (unpaired) electrons. The van der Waals surface area contributed by atoms with E-state index in [9.17, 15) is 8.78 Å². The van der Waals surface area contributed by atoms with E-state index in [0.29, 0.717) is 17.4 Å². The summed E-state index contributed by atoms with van der Waals surface area (Å²) in [6, 6.07) is 4.25. The molecule has 3 atom stereocenters. The van der Waals surface area contributed by atoms with Crippen LogP contribution in [0.5, 0.6) is 0 Å². The van der Waals surface area contributed by atoms with Crippen molar-refractivity contribution < 1.29 is 8.78 Å². The van der Waals surface area contributed by atoms with Crippen LogP contribution in [0.2, 0.25) is 0 Å². The van der Waals surface area contributed by atoms with Crippen molar-refractivity contribution in [3.63, 3.8) is 0 Å². The molecule has 2 nitrogen and oxygen atoms in total. The van der Waals surface area contributed by atoms with Gasteiger partial charge >= 0.3 is 0 Å². The third kappa shape index (κ3) is 3.36. The lowest BCUT2D eigenvalue weighted by Crippen LogP contribution is -2.27. The molecule has 20 heavy (non-hydrogen) atoms. The van der Waals surface area contributed by atoms with Gasteiger partial charge < -0.3 is 10.2 Å². The Morgan fingerprint density at radius 2 is 1.90 bits per heavy atom. The Bertz CT molecular complexity index is 440. The number of likely N-dealkylation sites (tertiary alicyclic amines) is 1. The molecular weight excluding hydrogens is 258 g/mol. The molecule has 0 aromatic heterocycles. The van der Waals surface area contributed by atoms with E-state index < -0.39 is 11.6 Å². The van der Waals surface area contributed by atoms with Gasteiger partial charge in [0.2, 0.25) is 0 Å². The molecule has 1 aliphatic rings. The standard InChI is InChI=1S/C16H24F2N2/c1-11-9-20(10-12(11)2)8-7-15(19-3)13-5-4-6-14(17)16(13)18/h4-6,11-12,15,19H,7-10H2,1-3H3. The van der Waals surface area contributed by atoms with Crippen molar-refractivity contribution in [1.82, 2.24) is 10.2 Å². The Morgan fingerprint density at radius 3 is 2.50 bits per heavy atom. The number of rotatable bonds is 5. The van der Waals surface area contributed by atoms with Gasteiger partial charge in [0.05, 0.1) is 0 Å². The monoisotopic (exact) mass is 282 g/mol. The summed E-state index contributed by atoms with van der Waals surface area (Å²) in [5.41, 5.74) is 0.424. The van der Waals surface area contributed by atoms with Gasteiger partial charge in [-0.05, 0) is 37.9 Å². The summed E-state index contributed by atoms with van der Waals surface area (Å²) in [5, 5.41) is 3.10. The highest BCUT2D eigenvalue weighted by molar-refractivity contribution is 5.22. The molecule has 4 heteroatoms. The fourth-order valence-corrected chi connectivity index (χ4v) is 2.99. The van der Waals surface area contributed by atoms with Gasteiger partial charge in [-0.2, -0.15) is 0 Å². The molecule has 1 fully saturated rings. The first-order valence-corrected chi connectivity index (χ1v) is 7.36. The zero-order valence-electron chi connectivity index (χ0n) is 12.5. The zero-order valence-corrected chi connectivity index (χ0v) is 12.5. The van der Waals surface area contributed by atoms with Crippen molar-refractivity contribution in [3.05, 3.63) is 35.4 Å². The first-order chi connectivity index (χ1) is 9.52. The lowest BCUT2D eigenvalue weighted by molar-refractivity contribution is 0.299. The molecule has 1 aliphatic heterocycles. The Kier molecular flexibility index (Phi) is 5.11. The van der Waals surface area contributed by atoms with Crippen LogP contribution in [0, 0.1) is 23.5 Å². The Morgan fingerprint density at radius 1 is 1.25 bits per heavy atom. The summed E-state index contributed by atoms with van der Waals surface area (Å²) in [6.07, 6.45) is 0.788. The van der Waals surface area contributed by atoms with Crippen molar-refractivity contribution >= 4 is 0 Å². The molecule has 1 aromatic rings. The third-order valence-corrected chi connectivity index (χ3v) is 4.50. The van der Waals surface area contributed by atoms with E-state index in [1.165, 1.54) is 0 Å². The number of nitrogens with one attached hydrogen (secondary N) is 1. The molecule has 2 rings (SSSR count). The summed E-state index contributed by atoms with van der Waals surface area (Å²) >= 11 is 0. The van der Waals surface area contributed by atoms with Gasteiger partial charge in [-0.25, -0.2) is 8.78 Å². The fourth-order valence-electron chi connectivity index (χ4n) is 2.99. The van der Waals surface area contributed by atoms with E-state index in [1.807, 2.05) is 0 Å². The largest absolute Gasteiger partial charge is 0.313 e. The molecule has 0 bridgehead atoms. The second-order valence-electron chi connectivity index (χ2n) is 5.99. The number of hydrogen-bond acceptors (Lipinski definition) is 2. The summed E-state index contributed by atoms with van der Waals surface area (Å²) in [4.78, 5) is 2.41. The van der Waals surface area contributed by atoms with Crippen molar-refractivity contribution in [3.8, 4) is 0 Å². The van der Waals surface area contributed by atoms with Crippen LogP contribution < -0.4 is 5.32 Å². The first kappa shape index (κ1) is 15.4. The molecule has 112 valence electrons. The van der Waals surface area contributed by atoms with Crippen LogP contribution in [0.1, 0.15) is 31.9 Å². The minimum Gasteiger partial charge on any atom is -0.313 e. The van der Waals surface area contributed by atoms with Gasteiger partial charge in [-0.3, -0.25) is 0 Å². The van der Waals surface area contributed by atoms with Crippen LogP contribution in [0.15, 0.2) is 18.2 Å². The van der Waals surface area contributed by atoms with Crippen LogP contribution in [0.3, 0.4) is 0 Å². The summed E-state index contributed by atoms with van der Waals surface area (Å²) in [5.74, 6) is -0.0657. The lowest BCUT2D eigenvalue weighted by atomic mass is 10.0. The van der Waals surface area contributed by atoms with Crippen molar-refractivity contribution in [2.24, 2.45) is 11.8 Å². The predicted molar refractivity (Wildman–Crippen MR) is 77.5 cm³/mol. The third-order valence-electron chi connectivity index (χ3n) is 4.50. The zero-order chi connectivity index (χ0) is 14.7. The first-order valence-electron chi connectivity index (χ1n) is 7.36. The van der Waals surface area contributed by atoms with E-state index in [0.717, 1.165) is 32.1 Å². The van der Waals surface area contributed by atoms with Crippen LogP contribution in [-0.2, 0) is 0 Å². The average molecular weight is 282 g/mol. The lowest BCUT2D eigenvalue weighted by Gasteiger charge is -2.22. The van der Waals surface area contributed by atoms with Crippen LogP contribution in [0.4, 0.5) is 8.78 Å². The van der Waals surface area contributed by atoms with Crippen molar-refractivity contribution in [2.75, 3.05) is 26.7 Å². The Hall–Kier alpha value is -1.00. The van der Waals surface area contributed by atoms with E-state index in [2.05, 4.69) is 24.1 Å². The fraction of sp³-hybridized carbons (Fsp3) is 0.625. The van der Waals surface area contributed by atoms with Crippen molar-refractivity contribution in [1.29, 1.82) is 0 Å². The molecule has 1 N–H and O–H groups in total. The summed E-state index contributed by atoms with van der Waals surface area (Å²) in [7, 11) is 1.80. The number of halogens is 2. The average Bonchev–Trinajstić information content (AvgIpc) is 2.74. The Labute approximate surface area is 120 Å². The SMILES string of the molecule is CNC(CCN1CC(C)C(C)C1)c1cccc(F)c1F. The van der Waals surface area contributed by atoms with E-state index in [-0.39, 0.29) is 6.04 Å². The molecule has 3 unspecified atom stereocenters. The molecule has 1 aromatic carbocycles. The van der Waals surface area contributed by atoms with Gasteiger partial charge in [-0.15, -0.1) is 0 Å². The van der Waals surface area contributed by atoms with E-state index in [1.54, 1.807) is 19.2 Å². The molecular formula is C16H24F2N2. The summed E-state index contributed by atoms with van der Waals surface area (Å²) in [6.45, 7) is 7.65. The van der Waals surface area contributed by atoms with Crippen molar-refractivity contribution in [2.45, 2.75) is 26.3 Å². The topological polar surface area (TPSA) is 15.3 Å². The molecule has 0 spiro atoms. The molecule has 0 saturated carbocycles. The van der Waals surface area contributed by atoms with Gasteiger partial charge in [-0.1, -0.05) is 26.0 Å². The van der Waals surface area contributed by atoms with Crippen LogP contribution in [-0.4, -0.2) is 31.6 Å². The maximum atomic E-state index is 13.8. The molecule has 0 aliphatic carbocycles.